The molecule has 0 aliphatic heterocycles. The van der Waals surface area contributed by atoms with E-state index in [1.54, 1.807) is 0 Å². The fourth-order valence-electron chi connectivity index (χ4n) is 2.24. The first-order valence-electron chi connectivity index (χ1n) is 7.17. The van der Waals surface area contributed by atoms with Crippen molar-refractivity contribution in [2.45, 2.75) is 18.0 Å². The van der Waals surface area contributed by atoms with E-state index < -0.39 is 10.0 Å². The van der Waals surface area contributed by atoms with Gasteiger partial charge in [-0.2, -0.15) is 4.31 Å². The molecule has 0 amide bonds. The zero-order valence-electron chi connectivity index (χ0n) is 12.9. The third kappa shape index (κ3) is 4.19. The number of nitrogens with two attached hydrogens (primary N) is 1. The molecule has 1 aromatic carbocycles. The van der Waals surface area contributed by atoms with Crippen molar-refractivity contribution in [1.82, 2.24) is 4.31 Å². The van der Waals surface area contributed by atoms with E-state index in [4.69, 9.17) is 28.9 Å². The van der Waals surface area contributed by atoms with Crippen molar-refractivity contribution in [3.8, 4) is 0 Å². The number of hydrogen-bond donors (Lipinski definition) is 1. The summed E-state index contributed by atoms with van der Waals surface area (Å²) in [6, 6.07) is 10.3. The van der Waals surface area contributed by atoms with Crippen LogP contribution in [0, 0.1) is 0 Å². The molecular weight excluding hydrogens is 419 g/mol. The predicted molar refractivity (Wildman–Crippen MR) is 106 cm³/mol. The van der Waals surface area contributed by atoms with Gasteiger partial charge in [-0.05, 0) is 35.0 Å². The Bertz CT molecular complexity index is 896. The van der Waals surface area contributed by atoms with Crippen molar-refractivity contribution in [2.75, 3.05) is 5.73 Å². The van der Waals surface area contributed by atoms with Gasteiger partial charge in [-0.3, -0.25) is 0 Å². The molecule has 0 unspecified atom stereocenters. The second-order valence-corrected chi connectivity index (χ2v) is 10.0. The molecule has 132 valence electrons. The Hall–Kier alpha value is -1.09. The fraction of sp³-hybridized carbons (Fsp3) is 0.125. The van der Waals surface area contributed by atoms with Crippen molar-refractivity contribution >= 4 is 61.6 Å². The van der Waals surface area contributed by atoms with Gasteiger partial charge in [-0.15, -0.1) is 22.7 Å². The normalized spacial score (nSPS) is 12.0. The van der Waals surface area contributed by atoms with Gasteiger partial charge < -0.3 is 5.73 Å². The summed E-state index contributed by atoms with van der Waals surface area (Å²) in [6.45, 7) is 0.551. The highest BCUT2D eigenvalue weighted by Gasteiger charge is 2.27. The van der Waals surface area contributed by atoms with Crippen LogP contribution >= 0.6 is 45.9 Å². The minimum atomic E-state index is -3.79. The van der Waals surface area contributed by atoms with Gasteiger partial charge in [0.1, 0.15) is 0 Å². The first kappa shape index (κ1) is 18.7. The molecule has 0 atom stereocenters. The van der Waals surface area contributed by atoms with E-state index in [1.807, 2.05) is 35.0 Å². The lowest BCUT2D eigenvalue weighted by atomic mass is 10.3. The van der Waals surface area contributed by atoms with Crippen molar-refractivity contribution in [3.05, 3.63) is 67.0 Å². The highest BCUT2D eigenvalue weighted by molar-refractivity contribution is 7.89. The van der Waals surface area contributed by atoms with E-state index in [0.717, 1.165) is 9.75 Å². The van der Waals surface area contributed by atoms with Crippen molar-refractivity contribution in [1.29, 1.82) is 0 Å². The molecule has 0 saturated carbocycles. The van der Waals surface area contributed by atoms with E-state index in [0.29, 0.717) is 0 Å². The minimum absolute atomic E-state index is 0.0322. The monoisotopic (exact) mass is 432 g/mol. The van der Waals surface area contributed by atoms with Gasteiger partial charge in [0.15, 0.2) is 0 Å². The van der Waals surface area contributed by atoms with Crippen LogP contribution in [0.5, 0.6) is 0 Å². The van der Waals surface area contributed by atoms with E-state index in [1.165, 1.54) is 39.1 Å². The number of sulfonamides is 1. The maximum atomic E-state index is 13.2. The highest BCUT2D eigenvalue weighted by Crippen LogP contribution is 2.33. The number of halogens is 2. The molecule has 2 N–H and O–H groups in total. The molecule has 0 aliphatic carbocycles. The molecule has 0 fully saturated rings. The molecule has 2 aromatic heterocycles. The summed E-state index contributed by atoms with van der Waals surface area (Å²) >= 11 is 15.1. The number of anilines is 1. The number of benzene rings is 1. The first-order valence-corrected chi connectivity index (χ1v) is 11.1. The molecule has 25 heavy (non-hydrogen) atoms. The van der Waals surface area contributed by atoms with Crippen LogP contribution in [0.25, 0.3) is 0 Å². The van der Waals surface area contributed by atoms with Crippen LogP contribution < -0.4 is 5.73 Å². The van der Waals surface area contributed by atoms with Crippen molar-refractivity contribution in [2.24, 2.45) is 0 Å². The maximum absolute atomic E-state index is 13.2. The van der Waals surface area contributed by atoms with E-state index in [2.05, 4.69) is 0 Å². The smallest absolute Gasteiger partial charge is 0.243 e. The number of nitrogen functional groups attached to an aromatic ring is 1. The molecule has 2 heterocycles. The Kier molecular flexibility index (Phi) is 5.72. The van der Waals surface area contributed by atoms with Gasteiger partial charge >= 0.3 is 0 Å². The van der Waals surface area contributed by atoms with Gasteiger partial charge in [0.05, 0.1) is 20.6 Å². The number of hydrogen-bond acceptors (Lipinski definition) is 5. The topological polar surface area (TPSA) is 63.4 Å². The Labute approximate surface area is 164 Å². The summed E-state index contributed by atoms with van der Waals surface area (Å²) in [4.78, 5) is 1.94. The Morgan fingerprint density at radius 3 is 1.84 bits per heavy atom. The largest absolute Gasteiger partial charge is 0.396 e. The number of rotatable bonds is 6. The van der Waals surface area contributed by atoms with E-state index in [-0.39, 0.29) is 33.7 Å². The molecule has 4 nitrogen and oxygen atoms in total. The standard InChI is InChI=1S/C16H14Cl2N2O2S3/c17-14-7-13(8-15(18)16(14)19)25(21,22)20(9-11-3-1-5-23-11)10-12-4-2-6-24-12/h1-8H,9-10,19H2. The first-order chi connectivity index (χ1) is 11.9. The Morgan fingerprint density at radius 1 is 0.960 bits per heavy atom. The number of thiophene rings is 2. The van der Waals surface area contributed by atoms with Gasteiger partial charge in [0.25, 0.3) is 0 Å². The number of nitrogens with zero attached hydrogens (tertiary/aromatic N) is 1. The average Bonchev–Trinajstić information content (AvgIpc) is 3.25. The quantitative estimate of drug-likeness (QED) is 0.551. The summed E-state index contributed by atoms with van der Waals surface area (Å²) in [7, 11) is -3.79. The molecular formula is C16H14Cl2N2O2S3. The predicted octanol–water partition coefficient (Wildman–Crippen LogP) is 5.09. The van der Waals surface area contributed by atoms with Crippen LogP contribution in [0.2, 0.25) is 10.0 Å². The highest BCUT2D eigenvalue weighted by atomic mass is 35.5. The van der Waals surface area contributed by atoms with Crippen LogP contribution in [-0.2, 0) is 23.1 Å². The molecule has 0 aliphatic rings. The molecule has 0 bridgehead atoms. The maximum Gasteiger partial charge on any atom is 0.243 e. The molecule has 9 heteroatoms. The summed E-state index contributed by atoms with van der Waals surface area (Å²) in [5.74, 6) is 0. The zero-order chi connectivity index (χ0) is 18.0. The third-order valence-electron chi connectivity index (χ3n) is 3.51. The van der Waals surface area contributed by atoms with E-state index in [9.17, 15) is 8.42 Å². The van der Waals surface area contributed by atoms with Gasteiger partial charge in [-0.25, -0.2) is 8.42 Å². The van der Waals surface area contributed by atoms with Gasteiger partial charge in [0.2, 0.25) is 10.0 Å². The average molecular weight is 433 g/mol. The molecule has 3 aromatic rings. The van der Waals surface area contributed by atoms with Crippen LogP contribution in [-0.4, -0.2) is 12.7 Å². The second kappa shape index (κ2) is 7.65. The summed E-state index contributed by atoms with van der Waals surface area (Å²) in [6.07, 6.45) is 0. The molecule has 0 spiro atoms. The fourth-order valence-corrected chi connectivity index (χ4v) is 5.91. The lowest BCUT2D eigenvalue weighted by Crippen LogP contribution is -2.29. The van der Waals surface area contributed by atoms with Crippen LogP contribution in [0.3, 0.4) is 0 Å². The SMILES string of the molecule is Nc1c(Cl)cc(S(=O)(=O)N(Cc2cccs2)Cc2cccs2)cc1Cl. The summed E-state index contributed by atoms with van der Waals surface area (Å²) < 4.78 is 27.8. The Morgan fingerprint density at radius 2 is 1.44 bits per heavy atom. The minimum Gasteiger partial charge on any atom is -0.396 e. The molecule has 0 saturated heterocycles. The lowest BCUT2D eigenvalue weighted by molar-refractivity contribution is 0.407. The third-order valence-corrected chi connectivity index (χ3v) is 7.63. The zero-order valence-corrected chi connectivity index (χ0v) is 16.8. The second-order valence-electron chi connectivity index (χ2n) is 5.23. The molecule has 0 radical (unpaired) electrons. The summed E-state index contributed by atoms with van der Waals surface area (Å²) in [5, 5.41) is 4.08. The summed E-state index contributed by atoms with van der Waals surface area (Å²) in [5.41, 5.74) is 5.89. The van der Waals surface area contributed by atoms with E-state index >= 15 is 0 Å². The lowest BCUT2D eigenvalue weighted by Gasteiger charge is -2.21. The van der Waals surface area contributed by atoms with Crippen molar-refractivity contribution in [3.63, 3.8) is 0 Å². The molecule has 3 rings (SSSR count). The van der Waals surface area contributed by atoms with Crippen LogP contribution in [0.4, 0.5) is 5.69 Å². The van der Waals surface area contributed by atoms with Gasteiger partial charge in [-0.1, -0.05) is 35.3 Å². The van der Waals surface area contributed by atoms with Crippen LogP contribution in [0.15, 0.2) is 52.1 Å². The van der Waals surface area contributed by atoms with Crippen LogP contribution in [0.1, 0.15) is 9.75 Å². The Balaban J connectivity index is 2.01. The van der Waals surface area contributed by atoms with Crippen molar-refractivity contribution < 1.29 is 8.42 Å². The van der Waals surface area contributed by atoms with Gasteiger partial charge in [0, 0.05) is 22.8 Å².